The molecular weight excluding hydrogens is 286 g/mol. The van der Waals surface area contributed by atoms with Crippen LogP contribution in [0.1, 0.15) is 24.3 Å². The monoisotopic (exact) mass is 305 g/mol. The molecule has 3 rings (SSSR count). The van der Waals surface area contributed by atoms with E-state index >= 15 is 0 Å². The largest absolute Gasteiger partial charge is 0.371 e. The third-order valence-corrected chi connectivity index (χ3v) is 4.31. The van der Waals surface area contributed by atoms with E-state index in [9.17, 15) is 0 Å². The van der Waals surface area contributed by atoms with E-state index in [2.05, 4.69) is 29.1 Å². The van der Waals surface area contributed by atoms with E-state index in [1.807, 2.05) is 36.1 Å². The summed E-state index contributed by atoms with van der Waals surface area (Å²) in [5, 5.41) is 4.99. The molecule has 1 fully saturated rings. The van der Waals surface area contributed by atoms with Crippen LogP contribution in [0.5, 0.6) is 0 Å². The van der Waals surface area contributed by atoms with Gasteiger partial charge in [0.25, 0.3) is 0 Å². The van der Waals surface area contributed by atoms with Crippen molar-refractivity contribution in [3.63, 3.8) is 0 Å². The van der Waals surface area contributed by atoms with Crippen LogP contribution >= 0.6 is 11.6 Å². The van der Waals surface area contributed by atoms with Crippen molar-refractivity contribution < 1.29 is 4.74 Å². The van der Waals surface area contributed by atoms with Gasteiger partial charge >= 0.3 is 0 Å². The molecular formula is C16H20ClN3O. The number of aryl methyl sites for hydroxylation is 1. The average molecular weight is 306 g/mol. The van der Waals surface area contributed by atoms with Crippen molar-refractivity contribution >= 4 is 11.6 Å². The molecule has 2 aromatic rings. The summed E-state index contributed by atoms with van der Waals surface area (Å²) in [6, 6.07) is 10.4. The van der Waals surface area contributed by atoms with Crippen LogP contribution in [0.3, 0.4) is 0 Å². The van der Waals surface area contributed by atoms with Gasteiger partial charge in [-0.1, -0.05) is 23.7 Å². The highest BCUT2D eigenvalue weighted by Crippen LogP contribution is 2.27. The van der Waals surface area contributed by atoms with Crippen molar-refractivity contribution in [1.82, 2.24) is 14.7 Å². The molecule has 1 aromatic carbocycles. The molecule has 21 heavy (non-hydrogen) atoms. The third kappa shape index (κ3) is 3.28. The lowest BCUT2D eigenvalue weighted by Gasteiger charge is -2.38. The number of benzene rings is 1. The van der Waals surface area contributed by atoms with Crippen molar-refractivity contribution in [2.45, 2.75) is 25.6 Å². The van der Waals surface area contributed by atoms with E-state index in [1.54, 1.807) is 0 Å². The summed E-state index contributed by atoms with van der Waals surface area (Å²) in [5.41, 5.74) is 2.36. The summed E-state index contributed by atoms with van der Waals surface area (Å²) in [6.07, 6.45) is 1.92. The van der Waals surface area contributed by atoms with Crippen molar-refractivity contribution in [2.24, 2.45) is 7.05 Å². The van der Waals surface area contributed by atoms with E-state index in [0.717, 1.165) is 30.3 Å². The van der Waals surface area contributed by atoms with Crippen LogP contribution in [0.4, 0.5) is 0 Å². The Balaban J connectivity index is 1.74. The Hall–Kier alpha value is -1.36. The Morgan fingerprint density at radius 1 is 1.38 bits per heavy atom. The van der Waals surface area contributed by atoms with Crippen LogP contribution in [0.15, 0.2) is 36.5 Å². The van der Waals surface area contributed by atoms with Crippen LogP contribution in [0.25, 0.3) is 0 Å². The first-order chi connectivity index (χ1) is 10.1. The van der Waals surface area contributed by atoms with E-state index in [-0.39, 0.29) is 6.10 Å². The molecule has 0 aliphatic carbocycles. The SMILES string of the molecule is C[C@H]1CO[C@H](c2cccc(Cl)c2)CN1Cc1ccnn1C. The molecule has 0 unspecified atom stereocenters. The first-order valence-electron chi connectivity index (χ1n) is 7.21. The van der Waals surface area contributed by atoms with E-state index in [1.165, 1.54) is 5.69 Å². The second-order valence-corrected chi connectivity index (χ2v) is 6.04. The number of morpholine rings is 1. The fourth-order valence-electron chi connectivity index (χ4n) is 2.70. The lowest BCUT2D eigenvalue weighted by atomic mass is 10.1. The van der Waals surface area contributed by atoms with Crippen LogP contribution in [-0.4, -0.2) is 33.9 Å². The van der Waals surface area contributed by atoms with E-state index < -0.39 is 0 Å². The molecule has 1 aliphatic heterocycles. The molecule has 4 nitrogen and oxygen atoms in total. The second kappa shape index (κ2) is 6.18. The van der Waals surface area contributed by atoms with Gasteiger partial charge in [-0.05, 0) is 30.7 Å². The number of halogens is 1. The van der Waals surface area contributed by atoms with Gasteiger partial charge < -0.3 is 4.74 Å². The van der Waals surface area contributed by atoms with Gasteiger partial charge in [-0.2, -0.15) is 5.10 Å². The Morgan fingerprint density at radius 3 is 2.95 bits per heavy atom. The standard InChI is InChI=1S/C16H20ClN3O/c1-12-11-21-16(13-4-3-5-14(17)8-13)10-20(12)9-15-6-7-18-19(15)2/h3-8,12,16H,9-11H2,1-2H3/t12-,16-/m0/s1. The highest BCUT2D eigenvalue weighted by atomic mass is 35.5. The summed E-state index contributed by atoms with van der Waals surface area (Å²) in [6.45, 7) is 4.68. The summed E-state index contributed by atoms with van der Waals surface area (Å²) in [4.78, 5) is 2.44. The van der Waals surface area contributed by atoms with Gasteiger partial charge in [0.2, 0.25) is 0 Å². The van der Waals surface area contributed by atoms with Gasteiger partial charge in [0.05, 0.1) is 18.4 Å². The summed E-state index contributed by atoms with van der Waals surface area (Å²) in [7, 11) is 1.98. The molecule has 1 aromatic heterocycles. The van der Waals surface area contributed by atoms with E-state index in [0.29, 0.717) is 6.04 Å². The van der Waals surface area contributed by atoms with Crippen molar-refractivity contribution in [3.8, 4) is 0 Å². The number of nitrogens with zero attached hydrogens (tertiary/aromatic N) is 3. The number of rotatable bonds is 3. The molecule has 0 spiro atoms. The maximum Gasteiger partial charge on any atom is 0.0953 e. The molecule has 0 amide bonds. The summed E-state index contributed by atoms with van der Waals surface area (Å²) < 4.78 is 7.92. The molecule has 112 valence electrons. The van der Waals surface area contributed by atoms with Gasteiger partial charge in [-0.25, -0.2) is 0 Å². The normalized spacial score (nSPS) is 23.4. The lowest BCUT2D eigenvalue weighted by molar-refractivity contribution is -0.0639. The fourth-order valence-corrected chi connectivity index (χ4v) is 2.90. The zero-order valence-electron chi connectivity index (χ0n) is 12.4. The summed E-state index contributed by atoms with van der Waals surface area (Å²) in [5.74, 6) is 0. The zero-order valence-corrected chi connectivity index (χ0v) is 13.1. The minimum Gasteiger partial charge on any atom is -0.371 e. The number of aromatic nitrogens is 2. The minimum absolute atomic E-state index is 0.0770. The second-order valence-electron chi connectivity index (χ2n) is 5.60. The Bertz CT molecular complexity index is 613. The van der Waals surface area contributed by atoms with Gasteiger partial charge in [0, 0.05) is 37.4 Å². The van der Waals surface area contributed by atoms with Crippen LogP contribution in [0.2, 0.25) is 5.02 Å². The predicted molar refractivity (Wildman–Crippen MR) is 83.2 cm³/mol. The van der Waals surface area contributed by atoms with Gasteiger partial charge in [-0.15, -0.1) is 0 Å². The fraction of sp³-hybridized carbons (Fsp3) is 0.438. The summed E-state index contributed by atoms with van der Waals surface area (Å²) >= 11 is 6.08. The molecule has 0 radical (unpaired) electrons. The van der Waals surface area contributed by atoms with Gasteiger partial charge in [0.15, 0.2) is 0 Å². The lowest BCUT2D eigenvalue weighted by Crippen LogP contribution is -2.44. The van der Waals surface area contributed by atoms with Crippen LogP contribution in [0, 0.1) is 0 Å². The highest BCUT2D eigenvalue weighted by Gasteiger charge is 2.27. The van der Waals surface area contributed by atoms with Crippen LogP contribution in [-0.2, 0) is 18.3 Å². The molecule has 0 saturated carbocycles. The average Bonchev–Trinajstić information content (AvgIpc) is 2.87. The Labute approximate surface area is 130 Å². The molecule has 0 bridgehead atoms. The van der Waals surface area contributed by atoms with Crippen molar-refractivity contribution in [1.29, 1.82) is 0 Å². The van der Waals surface area contributed by atoms with Gasteiger partial charge in [0.1, 0.15) is 0 Å². The molecule has 2 heterocycles. The maximum atomic E-state index is 6.08. The zero-order chi connectivity index (χ0) is 14.8. The molecule has 1 aliphatic rings. The van der Waals surface area contributed by atoms with Crippen LogP contribution < -0.4 is 0 Å². The Kier molecular flexibility index (Phi) is 4.29. The third-order valence-electron chi connectivity index (χ3n) is 4.07. The number of hydrogen-bond acceptors (Lipinski definition) is 3. The smallest absolute Gasteiger partial charge is 0.0953 e. The van der Waals surface area contributed by atoms with E-state index in [4.69, 9.17) is 16.3 Å². The van der Waals surface area contributed by atoms with Gasteiger partial charge in [-0.3, -0.25) is 9.58 Å². The highest BCUT2D eigenvalue weighted by molar-refractivity contribution is 6.30. The molecule has 5 heteroatoms. The topological polar surface area (TPSA) is 30.3 Å². The minimum atomic E-state index is 0.0770. The van der Waals surface area contributed by atoms with Crippen molar-refractivity contribution in [2.75, 3.05) is 13.2 Å². The quantitative estimate of drug-likeness (QED) is 0.873. The van der Waals surface area contributed by atoms with Crippen molar-refractivity contribution in [3.05, 3.63) is 52.8 Å². The molecule has 2 atom stereocenters. The first-order valence-corrected chi connectivity index (χ1v) is 7.59. The number of hydrogen-bond donors (Lipinski definition) is 0. The number of ether oxygens (including phenoxy) is 1. The first kappa shape index (κ1) is 14.6. The predicted octanol–water partition coefficient (Wildman–Crippen LogP) is 3.04. The Morgan fingerprint density at radius 2 is 2.24 bits per heavy atom. The molecule has 1 saturated heterocycles. The maximum absolute atomic E-state index is 6.08. The molecule has 0 N–H and O–H groups in total.